The standard InChI is InChI=1S/C18H16ClF3N2O5/c1-11(12-7-8-14(19)16(9-12)29-24-17(25)26-2)23-27-10-13-5-3-4-6-15(13)28-18(20,21)22/h3-9H,10H2,1-2H3,(H,24,25). The van der Waals surface area contributed by atoms with Gasteiger partial charge in [0, 0.05) is 11.1 Å². The lowest BCUT2D eigenvalue weighted by atomic mass is 10.1. The van der Waals surface area contributed by atoms with Crippen molar-refractivity contribution in [3.05, 3.63) is 58.6 Å². The van der Waals surface area contributed by atoms with Crippen molar-refractivity contribution in [3.63, 3.8) is 0 Å². The summed E-state index contributed by atoms with van der Waals surface area (Å²) in [5.74, 6) is -0.239. The summed E-state index contributed by atoms with van der Waals surface area (Å²) >= 11 is 5.99. The molecule has 0 saturated carbocycles. The van der Waals surface area contributed by atoms with Gasteiger partial charge in [0.15, 0.2) is 5.75 Å². The fourth-order valence-corrected chi connectivity index (χ4v) is 2.20. The number of nitrogens with zero attached hydrogens (tertiary/aromatic N) is 1. The Bertz CT molecular complexity index is 890. The zero-order valence-corrected chi connectivity index (χ0v) is 16.0. The third-order valence-electron chi connectivity index (χ3n) is 3.40. The Morgan fingerprint density at radius 2 is 1.90 bits per heavy atom. The average Bonchev–Trinajstić information content (AvgIpc) is 2.67. The number of hydrogen-bond donors (Lipinski definition) is 1. The molecular weight excluding hydrogens is 417 g/mol. The third-order valence-corrected chi connectivity index (χ3v) is 3.71. The Hall–Kier alpha value is -3.14. The minimum absolute atomic E-state index is 0.132. The summed E-state index contributed by atoms with van der Waals surface area (Å²) in [4.78, 5) is 21.3. The largest absolute Gasteiger partial charge is 0.573 e. The molecular formula is C18H16ClF3N2O5. The molecule has 7 nitrogen and oxygen atoms in total. The molecule has 0 aliphatic heterocycles. The molecule has 0 radical (unpaired) electrons. The van der Waals surface area contributed by atoms with E-state index in [-0.39, 0.29) is 28.7 Å². The summed E-state index contributed by atoms with van der Waals surface area (Å²) in [6.45, 7) is 1.36. The number of benzene rings is 2. The summed E-state index contributed by atoms with van der Waals surface area (Å²) < 4.78 is 45.7. The van der Waals surface area contributed by atoms with Crippen molar-refractivity contribution < 1.29 is 37.1 Å². The van der Waals surface area contributed by atoms with Crippen LogP contribution in [0.2, 0.25) is 5.02 Å². The van der Waals surface area contributed by atoms with Gasteiger partial charge in [0.1, 0.15) is 12.4 Å². The number of ether oxygens (including phenoxy) is 2. The highest BCUT2D eigenvalue weighted by Gasteiger charge is 2.32. The maximum absolute atomic E-state index is 12.5. The molecule has 0 aliphatic carbocycles. The van der Waals surface area contributed by atoms with E-state index in [0.717, 1.165) is 0 Å². The molecule has 2 rings (SSSR count). The molecule has 11 heteroatoms. The van der Waals surface area contributed by atoms with E-state index in [9.17, 15) is 18.0 Å². The topological polar surface area (TPSA) is 78.4 Å². The second-order valence-corrected chi connectivity index (χ2v) is 5.85. The normalized spacial score (nSPS) is 11.6. The van der Waals surface area contributed by atoms with Crippen LogP contribution in [0.5, 0.6) is 11.5 Å². The first kappa shape index (κ1) is 22.2. The molecule has 0 aromatic heterocycles. The van der Waals surface area contributed by atoms with Crippen LogP contribution in [0.4, 0.5) is 18.0 Å². The number of hydroxylamine groups is 1. The van der Waals surface area contributed by atoms with Gasteiger partial charge in [-0.15, -0.1) is 13.2 Å². The van der Waals surface area contributed by atoms with Crippen LogP contribution in [-0.4, -0.2) is 25.3 Å². The third kappa shape index (κ3) is 7.07. The van der Waals surface area contributed by atoms with Gasteiger partial charge < -0.3 is 19.1 Å². The summed E-state index contributed by atoms with van der Waals surface area (Å²) in [5, 5.41) is 4.10. The van der Waals surface area contributed by atoms with E-state index in [2.05, 4.69) is 14.6 Å². The first-order chi connectivity index (χ1) is 13.7. The lowest BCUT2D eigenvalue weighted by Crippen LogP contribution is -2.26. The number of oxime groups is 1. The van der Waals surface area contributed by atoms with E-state index in [0.29, 0.717) is 11.3 Å². The Balaban J connectivity index is 2.06. The number of halogens is 4. The van der Waals surface area contributed by atoms with Gasteiger partial charge in [-0.2, -0.15) is 5.48 Å². The van der Waals surface area contributed by atoms with Crippen LogP contribution in [0.3, 0.4) is 0 Å². The predicted molar refractivity (Wildman–Crippen MR) is 97.7 cm³/mol. The van der Waals surface area contributed by atoms with Gasteiger partial charge in [0.05, 0.1) is 17.8 Å². The maximum Gasteiger partial charge on any atom is 0.573 e. The van der Waals surface area contributed by atoms with Crippen LogP contribution in [0.25, 0.3) is 0 Å². The van der Waals surface area contributed by atoms with Gasteiger partial charge in [-0.05, 0) is 25.1 Å². The van der Waals surface area contributed by atoms with E-state index in [1.807, 2.05) is 5.48 Å². The Labute approximate surface area is 168 Å². The molecule has 1 amide bonds. The van der Waals surface area contributed by atoms with Crippen molar-refractivity contribution in [1.29, 1.82) is 0 Å². The molecule has 2 aromatic carbocycles. The zero-order chi connectivity index (χ0) is 21.4. The van der Waals surface area contributed by atoms with E-state index >= 15 is 0 Å². The molecule has 2 aromatic rings. The SMILES string of the molecule is COC(=O)NOc1cc(C(C)=NOCc2ccccc2OC(F)(F)F)ccc1Cl. The summed E-state index contributed by atoms with van der Waals surface area (Å²) in [6.07, 6.45) is -5.63. The number of alkyl halides is 3. The Kier molecular flexibility index (Phi) is 7.54. The molecule has 29 heavy (non-hydrogen) atoms. The average molecular weight is 433 g/mol. The van der Waals surface area contributed by atoms with Crippen LogP contribution in [-0.2, 0) is 16.2 Å². The Morgan fingerprint density at radius 1 is 1.17 bits per heavy atom. The number of rotatable bonds is 7. The number of nitrogens with one attached hydrogen (secondary N) is 1. The van der Waals surface area contributed by atoms with Crippen molar-refractivity contribution in [2.45, 2.75) is 19.9 Å². The van der Waals surface area contributed by atoms with Crippen molar-refractivity contribution in [1.82, 2.24) is 5.48 Å². The summed E-state index contributed by atoms with van der Waals surface area (Å²) in [6, 6.07) is 10.2. The first-order valence-corrected chi connectivity index (χ1v) is 8.38. The van der Waals surface area contributed by atoms with Gasteiger partial charge in [0.25, 0.3) is 0 Å². The minimum Gasteiger partial charge on any atom is -0.451 e. The van der Waals surface area contributed by atoms with E-state index < -0.39 is 12.5 Å². The minimum atomic E-state index is -4.81. The number of hydrogen-bond acceptors (Lipinski definition) is 6. The maximum atomic E-state index is 12.5. The van der Waals surface area contributed by atoms with E-state index in [1.54, 1.807) is 19.1 Å². The molecule has 0 spiro atoms. The highest BCUT2D eigenvalue weighted by Crippen LogP contribution is 2.27. The second kappa shape index (κ2) is 9.87. The summed E-state index contributed by atoms with van der Waals surface area (Å²) in [5.41, 5.74) is 3.12. The Morgan fingerprint density at radius 3 is 2.59 bits per heavy atom. The smallest absolute Gasteiger partial charge is 0.451 e. The van der Waals surface area contributed by atoms with Gasteiger partial charge in [-0.3, -0.25) is 0 Å². The van der Waals surface area contributed by atoms with Crippen molar-refractivity contribution in [3.8, 4) is 11.5 Å². The molecule has 156 valence electrons. The summed E-state index contributed by atoms with van der Waals surface area (Å²) in [7, 11) is 1.17. The second-order valence-electron chi connectivity index (χ2n) is 5.45. The number of methoxy groups -OCH3 is 1. The number of carbonyl (C=O) groups excluding carboxylic acids is 1. The molecule has 0 heterocycles. The quantitative estimate of drug-likeness (QED) is 0.501. The lowest BCUT2D eigenvalue weighted by Gasteiger charge is -2.12. The zero-order valence-electron chi connectivity index (χ0n) is 15.2. The molecule has 0 saturated heterocycles. The first-order valence-electron chi connectivity index (χ1n) is 8.00. The van der Waals surface area contributed by atoms with Crippen molar-refractivity contribution >= 4 is 23.4 Å². The van der Waals surface area contributed by atoms with Crippen molar-refractivity contribution in [2.75, 3.05) is 7.11 Å². The molecule has 1 N–H and O–H groups in total. The van der Waals surface area contributed by atoms with Crippen LogP contribution in [0.15, 0.2) is 47.6 Å². The number of amides is 1. The van der Waals surface area contributed by atoms with Gasteiger partial charge in [-0.25, -0.2) is 4.79 Å². The highest BCUT2D eigenvalue weighted by atomic mass is 35.5. The monoisotopic (exact) mass is 432 g/mol. The van der Waals surface area contributed by atoms with Crippen LogP contribution >= 0.6 is 11.6 Å². The molecule has 0 bridgehead atoms. The van der Waals surface area contributed by atoms with Crippen molar-refractivity contribution in [2.24, 2.45) is 5.16 Å². The van der Waals surface area contributed by atoms with E-state index in [4.69, 9.17) is 21.3 Å². The molecule has 0 fully saturated rings. The number of carbonyl (C=O) groups is 1. The van der Waals surface area contributed by atoms with Crippen LogP contribution in [0.1, 0.15) is 18.1 Å². The number of para-hydroxylation sites is 1. The lowest BCUT2D eigenvalue weighted by molar-refractivity contribution is -0.275. The molecule has 0 aliphatic rings. The molecule has 0 atom stereocenters. The highest BCUT2D eigenvalue weighted by molar-refractivity contribution is 6.32. The van der Waals surface area contributed by atoms with Crippen LogP contribution < -0.4 is 15.1 Å². The van der Waals surface area contributed by atoms with Gasteiger partial charge >= 0.3 is 12.5 Å². The van der Waals surface area contributed by atoms with E-state index in [1.165, 1.54) is 37.4 Å². The van der Waals surface area contributed by atoms with Gasteiger partial charge in [-0.1, -0.05) is 41.0 Å². The van der Waals surface area contributed by atoms with Gasteiger partial charge in [0.2, 0.25) is 0 Å². The predicted octanol–water partition coefficient (Wildman–Crippen LogP) is 4.83. The fraction of sp³-hybridized carbons (Fsp3) is 0.222. The fourth-order valence-electron chi connectivity index (χ4n) is 2.04. The van der Waals surface area contributed by atoms with Crippen LogP contribution in [0, 0.1) is 0 Å². The molecule has 0 unspecified atom stereocenters.